The monoisotopic (exact) mass is 484 g/mol. The Morgan fingerprint density at radius 2 is 1.66 bits per heavy atom. The van der Waals surface area contributed by atoms with Crippen molar-refractivity contribution in [1.29, 1.82) is 0 Å². The predicted molar refractivity (Wildman–Crippen MR) is 125 cm³/mol. The van der Waals surface area contributed by atoms with Gasteiger partial charge in [-0.15, -0.1) is 0 Å². The van der Waals surface area contributed by atoms with Gasteiger partial charge in [-0.05, 0) is 56.2 Å². The number of carbonyl (C=O) groups is 2. The molecule has 4 nitrogen and oxygen atoms in total. The van der Waals surface area contributed by atoms with Crippen molar-refractivity contribution in [2.24, 2.45) is 0 Å². The zero-order chi connectivity index (χ0) is 25.4. The predicted octanol–water partition coefficient (Wildman–Crippen LogP) is 6.47. The van der Waals surface area contributed by atoms with E-state index in [1.54, 1.807) is 43.0 Å². The number of halogens is 4. The molecular weight excluding hydrogens is 460 g/mol. The first kappa shape index (κ1) is 24.4. The molecule has 0 spiro atoms. The number of hydrogen-bond donors (Lipinski definition) is 0. The van der Waals surface area contributed by atoms with E-state index in [1.807, 2.05) is 0 Å². The molecule has 2 unspecified atom stereocenters. The van der Waals surface area contributed by atoms with Gasteiger partial charge in [-0.2, -0.15) is 0 Å². The summed E-state index contributed by atoms with van der Waals surface area (Å²) in [5.41, 5.74) is 0.338. The Hall–Kier alpha value is -3.68. The Morgan fingerprint density at radius 1 is 1.00 bits per heavy atom. The maximum atomic E-state index is 15.0. The number of carbonyl (C=O) groups excluding carboxylic acids is 2. The second-order valence-corrected chi connectivity index (χ2v) is 8.59. The van der Waals surface area contributed by atoms with Gasteiger partial charge in [0, 0.05) is 35.3 Å². The van der Waals surface area contributed by atoms with Gasteiger partial charge in [0.25, 0.3) is 5.91 Å². The van der Waals surface area contributed by atoms with Crippen molar-refractivity contribution in [1.82, 2.24) is 0 Å². The third kappa shape index (κ3) is 4.29. The first-order valence-corrected chi connectivity index (χ1v) is 11.3. The molecule has 0 fully saturated rings. The van der Waals surface area contributed by atoms with Gasteiger partial charge in [-0.3, -0.25) is 9.59 Å². The molecule has 1 heterocycles. The molecule has 182 valence electrons. The maximum absolute atomic E-state index is 15.0. The Balaban J connectivity index is 1.85. The van der Waals surface area contributed by atoms with Gasteiger partial charge in [-0.1, -0.05) is 25.1 Å². The van der Waals surface area contributed by atoms with E-state index in [9.17, 15) is 22.8 Å². The summed E-state index contributed by atoms with van der Waals surface area (Å²) < 4.78 is 57.4. The second kappa shape index (κ2) is 9.52. The van der Waals surface area contributed by atoms with Crippen LogP contribution in [0.25, 0.3) is 0 Å². The summed E-state index contributed by atoms with van der Waals surface area (Å²) in [6.07, 6.45) is 0.161. The highest BCUT2D eigenvalue weighted by molar-refractivity contribution is 6.07. The Bertz CT molecular complexity index is 1290. The van der Waals surface area contributed by atoms with E-state index in [4.69, 9.17) is 0 Å². The highest BCUT2D eigenvalue weighted by Gasteiger charge is 2.39. The molecule has 4 rings (SSSR count). The number of rotatable bonds is 4. The molecule has 2 atom stereocenters. The van der Waals surface area contributed by atoms with Crippen molar-refractivity contribution in [3.63, 3.8) is 0 Å². The molecule has 35 heavy (non-hydrogen) atoms. The third-order valence-electron chi connectivity index (χ3n) is 6.38. The summed E-state index contributed by atoms with van der Waals surface area (Å²) in [5, 5.41) is 0. The standard InChI is InChI=1S/C27H24F4N2O2/c1-4-24(34)33(23-14-20(29)16(3)25(30)26(23)31)22-13-15(2)32(21-8-6-5-7-19(21)22)27(35)17-9-11-18(28)12-10-17/h5-12,14-15,22H,4,13H2,1-3H3. The van der Waals surface area contributed by atoms with Crippen molar-refractivity contribution in [2.75, 3.05) is 9.80 Å². The summed E-state index contributed by atoms with van der Waals surface area (Å²) in [6.45, 7) is 4.47. The summed E-state index contributed by atoms with van der Waals surface area (Å²) in [7, 11) is 0. The zero-order valence-electron chi connectivity index (χ0n) is 19.5. The van der Waals surface area contributed by atoms with Crippen molar-refractivity contribution in [3.8, 4) is 0 Å². The number of para-hydroxylation sites is 1. The fourth-order valence-electron chi connectivity index (χ4n) is 4.56. The van der Waals surface area contributed by atoms with Crippen LogP contribution in [0.3, 0.4) is 0 Å². The van der Waals surface area contributed by atoms with Crippen LogP contribution in [0.4, 0.5) is 28.9 Å². The van der Waals surface area contributed by atoms with Gasteiger partial charge in [0.05, 0.1) is 11.7 Å². The van der Waals surface area contributed by atoms with Crippen molar-refractivity contribution >= 4 is 23.2 Å². The van der Waals surface area contributed by atoms with E-state index in [-0.39, 0.29) is 24.3 Å². The molecule has 0 radical (unpaired) electrons. The molecular formula is C27H24F4N2O2. The first-order chi connectivity index (χ1) is 16.6. The van der Waals surface area contributed by atoms with E-state index < -0.39 is 52.5 Å². The number of nitrogens with zero attached hydrogens (tertiary/aromatic N) is 2. The third-order valence-corrected chi connectivity index (χ3v) is 6.38. The van der Waals surface area contributed by atoms with Crippen LogP contribution >= 0.6 is 0 Å². The molecule has 0 saturated carbocycles. The smallest absolute Gasteiger partial charge is 0.258 e. The van der Waals surface area contributed by atoms with Crippen LogP contribution in [0.15, 0.2) is 54.6 Å². The molecule has 0 bridgehead atoms. The van der Waals surface area contributed by atoms with Gasteiger partial charge >= 0.3 is 0 Å². The highest BCUT2D eigenvalue weighted by atomic mass is 19.2. The molecule has 2 amide bonds. The molecule has 8 heteroatoms. The molecule has 3 aromatic rings. The van der Waals surface area contributed by atoms with Crippen LogP contribution < -0.4 is 9.80 Å². The van der Waals surface area contributed by atoms with Gasteiger partial charge in [0.15, 0.2) is 11.6 Å². The Kier molecular flexibility index (Phi) is 6.65. The number of benzene rings is 3. The topological polar surface area (TPSA) is 40.6 Å². The number of amides is 2. The van der Waals surface area contributed by atoms with Gasteiger partial charge in [0.1, 0.15) is 11.6 Å². The van der Waals surface area contributed by atoms with Gasteiger partial charge in [-0.25, -0.2) is 17.6 Å². The van der Waals surface area contributed by atoms with Crippen molar-refractivity contribution in [2.45, 2.75) is 45.7 Å². The van der Waals surface area contributed by atoms with Crippen molar-refractivity contribution < 1.29 is 27.2 Å². The molecule has 0 saturated heterocycles. The lowest BCUT2D eigenvalue weighted by Gasteiger charge is -2.43. The summed E-state index contributed by atoms with van der Waals surface area (Å²) in [5.74, 6) is -4.97. The summed E-state index contributed by atoms with van der Waals surface area (Å²) in [4.78, 5) is 29.1. The van der Waals surface area contributed by atoms with Crippen LogP contribution in [0, 0.1) is 30.2 Å². The zero-order valence-corrected chi connectivity index (χ0v) is 19.5. The second-order valence-electron chi connectivity index (χ2n) is 8.59. The summed E-state index contributed by atoms with van der Waals surface area (Å²) >= 11 is 0. The summed E-state index contributed by atoms with van der Waals surface area (Å²) in [6, 6.07) is 11.6. The van der Waals surface area contributed by atoms with E-state index in [1.165, 1.54) is 24.3 Å². The lowest BCUT2D eigenvalue weighted by atomic mass is 9.89. The molecule has 0 aliphatic carbocycles. The lowest BCUT2D eigenvalue weighted by molar-refractivity contribution is -0.118. The Labute approximate surface area is 200 Å². The van der Waals surface area contributed by atoms with Crippen LogP contribution in [-0.2, 0) is 4.79 Å². The normalized spacial score (nSPS) is 17.2. The van der Waals surface area contributed by atoms with Crippen LogP contribution in [0.1, 0.15) is 54.2 Å². The maximum Gasteiger partial charge on any atom is 0.258 e. The minimum Gasteiger partial charge on any atom is -0.305 e. The fourth-order valence-corrected chi connectivity index (χ4v) is 4.56. The van der Waals surface area contributed by atoms with Crippen LogP contribution in [0.2, 0.25) is 0 Å². The number of hydrogen-bond acceptors (Lipinski definition) is 2. The number of fused-ring (bicyclic) bond motifs is 1. The van der Waals surface area contributed by atoms with Crippen LogP contribution in [-0.4, -0.2) is 17.9 Å². The molecule has 0 N–H and O–H groups in total. The molecule has 1 aliphatic rings. The first-order valence-electron chi connectivity index (χ1n) is 11.3. The van der Waals surface area contributed by atoms with E-state index in [0.717, 1.165) is 17.9 Å². The SMILES string of the molecule is CCC(=O)N(c1cc(F)c(C)c(F)c1F)C1CC(C)N(C(=O)c2ccc(F)cc2)c2ccccc21. The van der Waals surface area contributed by atoms with E-state index in [0.29, 0.717) is 11.3 Å². The van der Waals surface area contributed by atoms with Crippen LogP contribution in [0.5, 0.6) is 0 Å². The quantitative estimate of drug-likeness (QED) is 0.314. The minimum absolute atomic E-state index is 0.0260. The molecule has 0 aromatic heterocycles. The minimum atomic E-state index is -1.35. The highest BCUT2D eigenvalue weighted by Crippen LogP contribution is 2.44. The average Bonchev–Trinajstić information content (AvgIpc) is 2.85. The number of anilines is 2. The van der Waals surface area contributed by atoms with Gasteiger partial charge in [0.2, 0.25) is 5.91 Å². The lowest BCUT2D eigenvalue weighted by Crippen LogP contribution is -2.48. The Morgan fingerprint density at radius 3 is 2.31 bits per heavy atom. The van der Waals surface area contributed by atoms with E-state index in [2.05, 4.69) is 0 Å². The largest absolute Gasteiger partial charge is 0.305 e. The molecule has 3 aromatic carbocycles. The fraction of sp³-hybridized carbons (Fsp3) is 0.259. The van der Waals surface area contributed by atoms with E-state index >= 15 is 4.39 Å². The van der Waals surface area contributed by atoms with Gasteiger partial charge < -0.3 is 9.80 Å². The van der Waals surface area contributed by atoms with Crippen molar-refractivity contribution in [3.05, 3.63) is 94.6 Å². The molecule has 1 aliphatic heterocycles. The average molecular weight is 484 g/mol.